The molecule has 0 aliphatic heterocycles. The lowest BCUT2D eigenvalue weighted by molar-refractivity contribution is 0.298. The summed E-state index contributed by atoms with van der Waals surface area (Å²) in [5, 5.41) is 3.85. The molecule has 1 heterocycles. The number of nitrogens with two attached hydrogens (primary N) is 1. The first-order valence-electron chi connectivity index (χ1n) is 5.65. The van der Waals surface area contributed by atoms with Crippen molar-refractivity contribution < 1.29 is 13.7 Å². The Morgan fingerprint density at radius 1 is 1.39 bits per heavy atom. The van der Waals surface area contributed by atoms with Crippen molar-refractivity contribution in [2.75, 3.05) is 0 Å². The number of halogens is 1. The van der Waals surface area contributed by atoms with Gasteiger partial charge in [-0.15, -0.1) is 0 Å². The fraction of sp³-hybridized carbons (Fsp3) is 0.308. The molecule has 2 aromatic rings. The van der Waals surface area contributed by atoms with Crippen molar-refractivity contribution in [1.29, 1.82) is 0 Å². The van der Waals surface area contributed by atoms with E-state index in [0.717, 1.165) is 17.0 Å². The van der Waals surface area contributed by atoms with Crippen molar-refractivity contribution in [1.82, 2.24) is 5.16 Å². The minimum absolute atomic E-state index is 0.231. The highest BCUT2D eigenvalue weighted by molar-refractivity contribution is 5.34. The van der Waals surface area contributed by atoms with Crippen molar-refractivity contribution in [2.45, 2.75) is 27.0 Å². The van der Waals surface area contributed by atoms with Crippen molar-refractivity contribution >= 4 is 0 Å². The van der Waals surface area contributed by atoms with E-state index in [1.807, 2.05) is 13.8 Å². The van der Waals surface area contributed by atoms with Crippen molar-refractivity contribution in [2.24, 2.45) is 5.73 Å². The molecule has 1 aromatic heterocycles. The Hall–Kier alpha value is -1.88. The first kappa shape index (κ1) is 12.6. The highest BCUT2D eigenvalue weighted by Gasteiger charge is 2.11. The molecule has 0 fully saturated rings. The molecule has 0 atom stereocenters. The van der Waals surface area contributed by atoms with Gasteiger partial charge in [0, 0.05) is 12.1 Å². The molecule has 2 N–H and O–H groups in total. The number of aryl methyl sites for hydroxylation is 2. The van der Waals surface area contributed by atoms with Gasteiger partial charge in [0.25, 0.3) is 0 Å². The Kier molecular flexibility index (Phi) is 3.62. The quantitative estimate of drug-likeness (QED) is 0.905. The van der Waals surface area contributed by atoms with Gasteiger partial charge in [-0.2, -0.15) is 0 Å². The fourth-order valence-electron chi connectivity index (χ4n) is 1.71. The molecule has 0 amide bonds. The summed E-state index contributed by atoms with van der Waals surface area (Å²) in [6, 6.07) is 4.31. The Morgan fingerprint density at radius 3 is 2.78 bits per heavy atom. The third-order valence-electron chi connectivity index (χ3n) is 2.80. The number of benzene rings is 1. The van der Waals surface area contributed by atoms with Crippen molar-refractivity contribution in [3.8, 4) is 5.75 Å². The highest BCUT2D eigenvalue weighted by atomic mass is 19.1. The number of ether oxygens (including phenoxy) is 1. The zero-order chi connectivity index (χ0) is 13.1. The zero-order valence-corrected chi connectivity index (χ0v) is 10.4. The third kappa shape index (κ3) is 2.51. The average molecular weight is 250 g/mol. The van der Waals surface area contributed by atoms with Gasteiger partial charge >= 0.3 is 0 Å². The first-order valence-corrected chi connectivity index (χ1v) is 5.65. The second-order valence-corrected chi connectivity index (χ2v) is 4.05. The van der Waals surface area contributed by atoms with Crippen LogP contribution in [0.4, 0.5) is 4.39 Å². The van der Waals surface area contributed by atoms with Crippen LogP contribution in [0.15, 0.2) is 22.7 Å². The Balaban J connectivity index is 2.15. The topological polar surface area (TPSA) is 61.3 Å². The monoisotopic (exact) mass is 250 g/mol. The highest BCUT2D eigenvalue weighted by Crippen LogP contribution is 2.22. The van der Waals surface area contributed by atoms with Crippen LogP contribution in [0.5, 0.6) is 5.75 Å². The van der Waals surface area contributed by atoms with Gasteiger partial charge in [-0.05, 0) is 32.0 Å². The van der Waals surface area contributed by atoms with E-state index in [0.29, 0.717) is 17.9 Å². The van der Waals surface area contributed by atoms with Gasteiger partial charge in [-0.1, -0.05) is 5.16 Å². The lowest BCUT2D eigenvalue weighted by Crippen LogP contribution is -2.04. The summed E-state index contributed by atoms with van der Waals surface area (Å²) in [5.41, 5.74) is 7.89. The fourth-order valence-corrected chi connectivity index (χ4v) is 1.71. The molecule has 5 heteroatoms. The molecular weight excluding hydrogens is 235 g/mol. The van der Waals surface area contributed by atoms with E-state index in [4.69, 9.17) is 15.0 Å². The van der Waals surface area contributed by atoms with E-state index in [1.165, 1.54) is 12.1 Å². The maximum atomic E-state index is 13.0. The van der Waals surface area contributed by atoms with E-state index in [9.17, 15) is 4.39 Å². The predicted molar refractivity (Wildman–Crippen MR) is 64.6 cm³/mol. The molecule has 0 aliphatic carbocycles. The smallest absolute Gasteiger partial charge is 0.140 e. The van der Waals surface area contributed by atoms with E-state index < -0.39 is 0 Å². The maximum absolute atomic E-state index is 13.0. The Morgan fingerprint density at radius 2 is 2.17 bits per heavy atom. The van der Waals surface area contributed by atoms with Gasteiger partial charge in [0.1, 0.15) is 23.9 Å². The largest absolute Gasteiger partial charge is 0.488 e. The number of nitrogens with zero attached hydrogens (tertiary/aromatic N) is 1. The van der Waals surface area contributed by atoms with Crippen LogP contribution in [0, 0.1) is 19.7 Å². The predicted octanol–water partition coefficient (Wildman–Crippen LogP) is 2.47. The van der Waals surface area contributed by atoms with E-state index in [1.54, 1.807) is 6.07 Å². The van der Waals surface area contributed by atoms with Crippen LogP contribution in [-0.4, -0.2) is 5.16 Å². The lowest BCUT2D eigenvalue weighted by atomic mass is 10.2. The second-order valence-electron chi connectivity index (χ2n) is 4.05. The average Bonchev–Trinajstić information content (AvgIpc) is 2.68. The molecule has 0 saturated heterocycles. The summed E-state index contributed by atoms with van der Waals surface area (Å²) < 4.78 is 23.7. The molecular formula is C13H15FN2O2. The van der Waals surface area contributed by atoms with Crippen LogP contribution in [0.1, 0.15) is 22.6 Å². The molecule has 96 valence electrons. The van der Waals surface area contributed by atoms with Crippen LogP contribution in [0.2, 0.25) is 0 Å². The number of hydrogen-bond donors (Lipinski definition) is 1. The second kappa shape index (κ2) is 5.18. The van der Waals surface area contributed by atoms with Gasteiger partial charge in [-0.3, -0.25) is 0 Å². The van der Waals surface area contributed by atoms with E-state index >= 15 is 0 Å². The number of aromatic nitrogens is 1. The summed E-state index contributed by atoms with van der Waals surface area (Å²) in [6.45, 7) is 4.24. The third-order valence-corrected chi connectivity index (χ3v) is 2.80. The molecule has 18 heavy (non-hydrogen) atoms. The van der Waals surface area contributed by atoms with Gasteiger partial charge in [-0.25, -0.2) is 4.39 Å². The molecule has 0 radical (unpaired) electrons. The minimum atomic E-state index is -0.319. The summed E-state index contributed by atoms with van der Waals surface area (Å²) >= 11 is 0. The van der Waals surface area contributed by atoms with Crippen LogP contribution < -0.4 is 10.5 Å². The van der Waals surface area contributed by atoms with Gasteiger partial charge < -0.3 is 15.0 Å². The summed E-state index contributed by atoms with van der Waals surface area (Å²) in [5.74, 6) is 0.989. The van der Waals surface area contributed by atoms with E-state index in [-0.39, 0.29) is 12.4 Å². The van der Waals surface area contributed by atoms with Crippen LogP contribution in [-0.2, 0) is 13.2 Å². The number of hydrogen-bond acceptors (Lipinski definition) is 4. The molecule has 0 aliphatic rings. The Bertz CT molecular complexity index is 532. The molecule has 1 aromatic carbocycles. The van der Waals surface area contributed by atoms with E-state index in [2.05, 4.69) is 5.16 Å². The summed E-state index contributed by atoms with van der Waals surface area (Å²) in [4.78, 5) is 0. The summed E-state index contributed by atoms with van der Waals surface area (Å²) in [7, 11) is 0. The number of rotatable bonds is 4. The molecule has 0 unspecified atom stereocenters. The normalized spacial score (nSPS) is 10.7. The molecule has 4 nitrogen and oxygen atoms in total. The first-order chi connectivity index (χ1) is 8.61. The summed E-state index contributed by atoms with van der Waals surface area (Å²) in [6.07, 6.45) is 0. The van der Waals surface area contributed by atoms with Gasteiger partial charge in [0.05, 0.1) is 11.3 Å². The van der Waals surface area contributed by atoms with Gasteiger partial charge in [0.15, 0.2) is 0 Å². The van der Waals surface area contributed by atoms with Gasteiger partial charge in [0.2, 0.25) is 0 Å². The standard InChI is InChI=1S/C13H15FN2O2/c1-8-12(9(2)18-16-8)7-17-13-4-3-11(14)5-10(13)6-15/h3-5H,6-7,15H2,1-2H3. The molecule has 2 rings (SSSR count). The maximum Gasteiger partial charge on any atom is 0.140 e. The van der Waals surface area contributed by atoms with Crippen LogP contribution >= 0.6 is 0 Å². The lowest BCUT2D eigenvalue weighted by Gasteiger charge is -2.10. The van der Waals surface area contributed by atoms with Crippen molar-refractivity contribution in [3.05, 3.63) is 46.6 Å². The zero-order valence-electron chi connectivity index (χ0n) is 10.4. The van der Waals surface area contributed by atoms with Crippen molar-refractivity contribution in [3.63, 3.8) is 0 Å². The van der Waals surface area contributed by atoms with Crippen LogP contribution in [0.25, 0.3) is 0 Å². The molecule has 0 spiro atoms. The van der Waals surface area contributed by atoms with Crippen LogP contribution in [0.3, 0.4) is 0 Å². The minimum Gasteiger partial charge on any atom is -0.488 e. The SMILES string of the molecule is Cc1noc(C)c1COc1ccc(F)cc1CN. The Labute approximate surface area is 105 Å². The molecule has 0 saturated carbocycles. The molecule has 0 bridgehead atoms.